The van der Waals surface area contributed by atoms with Gasteiger partial charge in [0.15, 0.2) is 5.78 Å². The first-order chi connectivity index (χ1) is 8.03. The van der Waals surface area contributed by atoms with Crippen LogP contribution in [-0.2, 0) is 13.6 Å². The second-order valence-electron chi connectivity index (χ2n) is 3.21. The van der Waals surface area contributed by atoms with Gasteiger partial charge in [-0.2, -0.15) is 0 Å². The Bertz CT molecular complexity index is 406. The summed E-state index contributed by atoms with van der Waals surface area (Å²) >= 11 is 3.24. The third kappa shape index (κ3) is 3.86. The van der Waals surface area contributed by atoms with E-state index in [0.29, 0.717) is 10.3 Å². The van der Waals surface area contributed by atoms with E-state index >= 15 is 0 Å². The highest BCUT2D eigenvalue weighted by Gasteiger charge is 2.34. The van der Waals surface area contributed by atoms with Crippen molar-refractivity contribution in [3.63, 3.8) is 0 Å². The maximum absolute atomic E-state index is 12.4. The van der Waals surface area contributed by atoms with Gasteiger partial charge < -0.3 is 14.8 Å². The van der Waals surface area contributed by atoms with Crippen molar-refractivity contribution in [3.8, 4) is 0 Å². The molecule has 0 bridgehead atoms. The lowest BCUT2D eigenvalue weighted by Crippen LogP contribution is -2.16. The van der Waals surface area contributed by atoms with Gasteiger partial charge >= 0.3 is 7.60 Å². The van der Waals surface area contributed by atoms with Crippen LogP contribution in [0.25, 0.3) is 0 Å². The molecule has 1 rings (SSSR count). The van der Waals surface area contributed by atoms with Gasteiger partial charge in [-0.05, 0) is 41.9 Å². The summed E-state index contributed by atoms with van der Waals surface area (Å²) in [4.78, 5) is 4.16. The van der Waals surface area contributed by atoms with Crippen LogP contribution in [0.2, 0.25) is 0 Å². The zero-order valence-electron chi connectivity index (χ0n) is 9.80. The van der Waals surface area contributed by atoms with E-state index in [4.69, 9.17) is 14.8 Å². The molecule has 0 aromatic carbocycles. The molecular formula is C10H16BrN2O3P. The molecule has 0 fully saturated rings. The number of nitrogens with zero attached hydrogens (tertiary/aromatic N) is 1. The van der Waals surface area contributed by atoms with Gasteiger partial charge in [-0.25, -0.2) is 4.98 Å². The summed E-state index contributed by atoms with van der Waals surface area (Å²) in [6.07, 6.45) is 0. The molecule has 17 heavy (non-hydrogen) atoms. The number of aromatic nitrogens is 1. The molecule has 0 aliphatic carbocycles. The highest BCUT2D eigenvalue weighted by Crippen LogP contribution is 2.57. The molecule has 1 aromatic heterocycles. The topological polar surface area (TPSA) is 74.4 Å². The third-order valence-electron chi connectivity index (χ3n) is 2.00. The van der Waals surface area contributed by atoms with Crippen molar-refractivity contribution < 1.29 is 13.6 Å². The summed E-state index contributed by atoms with van der Waals surface area (Å²) in [5.41, 5.74) is 6.39. The molecule has 0 spiro atoms. The predicted octanol–water partition coefficient (Wildman–Crippen LogP) is 3.07. The second-order valence-corrected chi connectivity index (χ2v) is 6.17. The average molecular weight is 323 g/mol. The zero-order valence-corrected chi connectivity index (χ0v) is 12.3. The lowest BCUT2D eigenvalue weighted by molar-refractivity contribution is 0.212. The van der Waals surface area contributed by atoms with Crippen LogP contribution in [0, 0.1) is 0 Å². The van der Waals surface area contributed by atoms with Crippen LogP contribution in [0.3, 0.4) is 0 Å². The van der Waals surface area contributed by atoms with E-state index in [9.17, 15) is 4.57 Å². The number of halogens is 1. The fourth-order valence-electron chi connectivity index (χ4n) is 1.31. The van der Waals surface area contributed by atoms with Crippen molar-refractivity contribution in [2.75, 3.05) is 13.2 Å². The predicted molar refractivity (Wildman–Crippen MR) is 69.7 cm³/mol. The number of hydrogen-bond donors (Lipinski definition) is 1. The van der Waals surface area contributed by atoms with E-state index in [-0.39, 0.29) is 13.2 Å². The molecule has 5 nitrogen and oxygen atoms in total. The Morgan fingerprint density at radius 2 is 2.00 bits per heavy atom. The van der Waals surface area contributed by atoms with Gasteiger partial charge in [-0.3, -0.25) is 4.57 Å². The molecule has 0 saturated heterocycles. The highest BCUT2D eigenvalue weighted by molar-refractivity contribution is 9.10. The second kappa shape index (κ2) is 6.61. The molecule has 7 heteroatoms. The molecule has 0 aliphatic heterocycles. The van der Waals surface area contributed by atoms with Crippen molar-refractivity contribution in [1.29, 1.82) is 0 Å². The SMILES string of the molecule is CCOP(=O)(OCC)[C@@H](N)c1cccc(Br)n1. The standard InChI is InChI=1S/C10H16BrN2O3P/c1-3-15-17(14,16-4-2)10(12)8-6-5-7-9(11)13-8/h5-7,10H,3-4,12H2,1-2H3/t10-/m1/s1. The molecule has 0 radical (unpaired) electrons. The quantitative estimate of drug-likeness (QED) is 0.643. The Hall–Kier alpha value is -0.260. The van der Waals surface area contributed by atoms with Gasteiger partial charge in [-0.1, -0.05) is 6.07 Å². The number of hydrogen-bond acceptors (Lipinski definition) is 5. The zero-order chi connectivity index (χ0) is 12.9. The van der Waals surface area contributed by atoms with Gasteiger partial charge in [0, 0.05) is 0 Å². The first-order valence-corrected chi connectivity index (χ1v) is 7.70. The molecule has 1 aromatic rings. The largest absolute Gasteiger partial charge is 0.353 e. The summed E-state index contributed by atoms with van der Waals surface area (Å²) in [6.45, 7) is 4.04. The summed E-state index contributed by atoms with van der Waals surface area (Å²) in [7, 11) is -3.36. The molecule has 96 valence electrons. The molecule has 2 N–H and O–H groups in total. The van der Waals surface area contributed by atoms with Crippen LogP contribution in [0.4, 0.5) is 0 Å². The lowest BCUT2D eigenvalue weighted by atomic mass is 10.3. The van der Waals surface area contributed by atoms with E-state index < -0.39 is 13.4 Å². The van der Waals surface area contributed by atoms with Crippen molar-refractivity contribution >= 4 is 23.5 Å². The van der Waals surface area contributed by atoms with Crippen LogP contribution in [0.15, 0.2) is 22.8 Å². The van der Waals surface area contributed by atoms with Crippen LogP contribution >= 0.6 is 23.5 Å². The molecule has 0 saturated carbocycles. The summed E-state index contributed by atoms with van der Waals surface area (Å²) in [5.74, 6) is -0.875. The highest BCUT2D eigenvalue weighted by atomic mass is 79.9. The maximum atomic E-state index is 12.4. The lowest BCUT2D eigenvalue weighted by Gasteiger charge is -2.22. The van der Waals surface area contributed by atoms with E-state index in [1.165, 1.54) is 0 Å². The summed E-state index contributed by atoms with van der Waals surface area (Å²) in [6, 6.07) is 5.23. The molecule has 0 unspecified atom stereocenters. The van der Waals surface area contributed by atoms with E-state index in [1.807, 2.05) is 0 Å². The summed E-state index contributed by atoms with van der Waals surface area (Å²) in [5, 5.41) is 0. The Labute approximate surface area is 109 Å². The Morgan fingerprint density at radius 1 is 1.41 bits per heavy atom. The smallest absolute Gasteiger partial charge is 0.313 e. The molecule has 0 aliphatic rings. The van der Waals surface area contributed by atoms with E-state index in [0.717, 1.165) is 0 Å². The number of nitrogens with two attached hydrogens (primary N) is 1. The Balaban J connectivity index is 2.99. The maximum Gasteiger partial charge on any atom is 0.353 e. The van der Waals surface area contributed by atoms with Gasteiger partial charge in [0.25, 0.3) is 0 Å². The minimum absolute atomic E-state index is 0.277. The fraction of sp³-hybridized carbons (Fsp3) is 0.500. The average Bonchev–Trinajstić information content (AvgIpc) is 2.28. The van der Waals surface area contributed by atoms with Gasteiger partial charge in [0.05, 0.1) is 18.9 Å². The molecule has 1 heterocycles. The molecule has 0 amide bonds. The minimum Gasteiger partial charge on any atom is -0.313 e. The fourth-order valence-corrected chi connectivity index (χ4v) is 3.25. The van der Waals surface area contributed by atoms with Crippen molar-refractivity contribution in [2.24, 2.45) is 5.73 Å². The Morgan fingerprint density at radius 3 is 2.47 bits per heavy atom. The van der Waals surface area contributed by atoms with Crippen LogP contribution in [0.5, 0.6) is 0 Å². The summed E-state index contributed by atoms with van der Waals surface area (Å²) < 4.78 is 23.4. The normalized spacial score (nSPS) is 13.6. The van der Waals surface area contributed by atoms with Crippen molar-refractivity contribution in [2.45, 2.75) is 19.6 Å². The van der Waals surface area contributed by atoms with Crippen LogP contribution in [0.1, 0.15) is 25.3 Å². The molecule has 1 atom stereocenters. The van der Waals surface area contributed by atoms with Crippen molar-refractivity contribution in [1.82, 2.24) is 4.98 Å². The van der Waals surface area contributed by atoms with E-state index in [2.05, 4.69) is 20.9 Å². The molecular weight excluding hydrogens is 307 g/mol. The number of rotatable bonds is 6. The van der Waals surface area contributed by atoms with Gasteiger partial charge in [0.2, 0.25) is 0 Å². The monoisotopic (exact) mass is 322 g/mol. The number of pyridine rings is 1. The van der Waals surface area contributed by atoms with E-state index in [1.54, 1.807) is 32.0 Å². The van der Waals surface area contributed by atoms with Gasteiger partial charge in [-0.15, -0.1) is 0 Å². The van der Waals surface area contributed by atoms with Gasteiger partial charge in [0.1, 0.15) is 4.60 Å². The first kappa shape index (κ1) is 14.8. The third-order valence-corrected chi connectivity index (χ3v) is 4.62. The van der Waals surface area contributed by atoms with Crippen molar-refractivity contribution in [3.05, 3.63) is 28.5 Å². The minimum atomic E-state index is -3.36. The van der Waals surface area contributed by atoms with Crippen LogP contribution in [-0.4, -0.2) is 18.2 Å². The Kier molecular flexibility index (Phi) is 5.76. The van der Waals surface area contributed by atoms with Crippen LogP contribution < -0.4 is 5.73 Å². The first-order valence-electron chi connectivity index (χ1n) is 5.30.